The zero-order valence-corrected chi connectivity index (χ0v) is 14.1. The van der Waals surface area contributed by atoms with Crippen LogP contribution in [0.2, 0.25) is 0 Å². The van der Waals surface area contributed by atoms with E-state index in [4.69, 9.17) is 0 Å². The van der Waals surface area contributed by atoms with Crippen LogP contribution in [-0.2, 0) is 11.2 Å². The third-order valence-electron chi connectivity index (χ3n) is 2.75. The summed E-state index contributed by atoms with van der Waals surface area (Å²) in [6.45, 7) is 1.92. The molecule has 0 aliphatic heterocycles. The minimum absolute atomic E-state index is 0.0612. The summed E-state index contributed by atoms with van der Waals surface area (Å²) in [5.74, 6) is -0.593. The number of nitrogens with one attached hydrogen (secondary N) is 2. The summed E-state index contributed by atoms with van der Waals surface area (Å²) >= 11 is 2.64. The fourth-order valence-corrected chi connectivity index (χ4v) is 3.14. The lowest BCUT2D eigenvalue weighted by Gasteiger charge is -2.00. The van der Waals surface area contributed by atoms with Crippen LogP contribution in [0, 0.1) is 6.92 Å². The van der Waals surface area contributed by atoms with Crippen LogP contribution in [-0.4, -0.2) is 31.8 Å². The number of hydrogen-bond donors (Lipinski definition) is 2. The molecule has 2 N–H and O–H groups in total. The summed E-state index contributed by atoms with van der Waals surface area (Å²) in [6.07, 6.45) is 4.77. The first-order valence-corrected chi connectivity index (χ1v) is 8.55. The molecule has 0 saturated heterocycles. The van der Waals surface area contributed by atoms with Gasteiger partial charge in [0, 0.05) is 28.8 Å². The summed E-state index contributed by atoms with van der Waals surface area (Å²) in [4.78, 5) is 40.9. The average Bonchev–Trinajstić information content (AvgIpc) is 3.17. The molecule has 2 amide bonds. The second kappa shape index (κ2) is 7.23. The van der Waals surface area contributed by atoms with Crippen molar-refractivity contribution in [1.29, 1.82) is 0 Å². The highest BCUT2D eigenvalue weighted by Crippen LogP contribution is 2.19. The molecule has 0 saturated carbocycles. The van der Waals surface area contributed by atoms with Crippen molar-refractivity contribution in [3.63, 3.8) is 0 Å². The summed E-state index contributed by atoms with van der Waals surface area (Å²) in [5.41, 5.74) is 0.565. The van der Waals surface area contributed by atoms with Crippen LogP contribution in [0.5, 0.6) is 0 Å². The number of rotatable bonds is 5. The number of carbonyl (C=O) groups is 2. The van der Waals surface area contributed by atoms with Crippen LogP contribution in [0.25, 0.3) is 0 Å². The first kappa shape index (κ1) is 16.1. The van der Waals surface area contributed by atoms with Crippen molar-refractivity contribution in [1.82, 2.24) is 19.9 Å². The molecule has 0 aromatic carbocycles. The van der Waals surface area contributed by atoms with Crippen molar-refractivity contribution in [3.05, 3.63) is 46.4 Å². The summed E-state index contributed by atoms with van der Waals surface area (Å²) in [5, 5.41) is 7.98. The van der Waals surface area contributed by atoms with Crippen molar-refractivity contribution in [2.75, 3.05) is 10.6 Å². The largest absolute Gasteiger partial charge is 0.302 e. The van der Waals surface area contributed by atoms with E-state index in [9.17, 15) is 9.59 Å². The standard InChI is InChI=1S/C14H12N6O2S2/c1-8-6-17-13(24-8)19-10(21)5-9-7-23-14(18-9)20-12(22)11-15-3-2-4-16-11/h2-4,6-7H,5H2,1H3,(H,17,19,21)(H,18,20,22). The molecule has 3 aromatic heterocycles. The van der Waals surface area contributed by atoms with E-state index in [2.05, 4.69) is 30.6 Å². The number of thiazole rings is 2. The molecule has 3 aromatic rings. The fourth-order valence-electron chi connectivity index (χ4n) is 1.76. The van der Waals surface area contributed by atoms with Gasteiger partial charge in [-0.3, -0.25) is 14.9 Å². The third kappa shape index (κ3) is 4.18. The molecule has 0 aliphatic carbocycles. The number of carbonyl (C=O) groups excluding carboxylic acids is 2. The van der Waals surface area contributed by atoms with Gasteiger partial charge in [0.2, 0.25) is 11.7 Å². The molecule has 0 atom stereocenters. The van der Waals surface area contributed by atoms with Crippen molar-refractivity contribution < 1.29 is 9.59 Å². The predicted octanol–water partition coefficient (Wildman–Crippen LogP) is 2.13. The van der Waals surface area contributed by atoms with Crippen LogP contribution in [0.4, 0.5) is 10.3 Å². The zero-order chi connectivity index (χ0) is 16.9. The van der Waals surface area contributed by atoms with Crippen LogP contribution >= 0.6 is 22.7 Å². The molecular formula is C14H12N6O2S2. The quantitative estimate of drug-likeness (QED) is 0.721. The Bertz CT molecular complexity index is 861. The SMILES string of the molecule is Cc1cnc(NC(=O)Cc2csc(NC(=O)c3ncccn3)n2)s1. The number of anilines is 2. The number of aryl methyl sites for hydroxylation is 1. The average molecular weight is 360 g/mol. The van der Waals surface area contributed by atoms with E-state index in [-0.39, 0.29) is 18.2 Å². The molecule has 3 rings (SSSR count). The number of nitrogens with zero attached hydrogens (tertiary/aromatic N) is 4. The van der Waals surface area contributed by atoms with Crippen LogP contribution in [0.15, 0.2) is 30.0 Å². The fraction of sp³-hybridized carbons (Fsp3) is 0.143. The van der Waals surface area contributed by atoms with Gasteiger partial charge in [-0.25, -0.2) is 19.9 Å². The molecule has 0 spiro atoms. The summed E-state index contributed by atoms with van der Waals surface area (Å²) < 4.78 is 0. The van der Waals surface area contributed by atoms with Crippen molar-refractivity contribution in [3.8, 4) is 0 Å². The Morgan fingerprint density at radius 2 is 1.92 bits per heavy atom. The molecule has 0 aliphatic rings. The van der Waals surface area contributed by atoms with E-state index in [1.54, 1.807) is 17.6 Å². The number of aromatic nitrogens is 4. The lowest BCUT2D eigenvalue weighted by atomic mass is 10.3. The van der Waals surface area contributed by atoms with Gasteiger partial charge in [-0.1, -0.05) is 0 Å². The van der Waals surface area contributed by atoms with Gasteiger partial charge in [0.05, 0.1) is 12.1 Å². The van der Waals surface area contributed by atoms with E-state index < -0.39 is 5.91 Å². The van der Waals surface area contributed by atoms with Gasteiger partial charge in [0.15, 0.2) is 10.3 Å². The van der Waals surface area contributed by atoms with Gasteiger partial charge in [0.1, 0.15) is 0 Å². The van der Waals surface area contributed by atoms with Gasteiger partial charge in [-0.15, -0.1) is 22.7 Å². The van der Waals surface area contributed by atoms with Gasteiger partial charge < -0.3 is 5.32 Å². The Morgan fingerprint density at radius 3 is 2.62 bits per heavy atom. The minimum Gasteiger partial charge on any atom is -0.302 e. The van der Waals surface area contributed by atoms with E-state index in [1.807, 2.05) is 6.92 Å². The van der Waals surface area contributed by atoms with Crippen LogP contribution in [0.1, 0.15) is 21.2 Å². The molecule has 0 unspecified atom stereocenters. The highest BCUT2D eigenvalue weighted by Gasteiger charge is 2.13. The van der Waals surface area contributed by atoms with Crippen molar-refractivity contribution in [2.24, 2.45) is 0 Å². The van der Waals surface area contributed by atoms with Gasteiger partial charge in [-0.05, 0) is 13.0 Å². The molecule has 0 bridgehead atoms. The Balaban J connectivity index is 1.57. The maximum absolute atomic E-state index is 12.0. The maximum atomic E-state index is 12.0. The summed E-state index contributed by atoms with van der Waals surface area (Å²) in [7, 11) is 0. The van der Waals surface area contributed by atoms with Crippen LogP contribution in [0.3, 0.4) is 0 Å². The monoisotopic (exact) mass is 360 g/mol. The first-order chi connectivity index (χ1) is 11.6. The molecule has 0 fully saturated rings. The Kier molecular flexibility index (Phi) is 4.87. The van der Waals surface area contributed by atoms with Gasteiger partial charge in [0.25, 0.3) is 5.91 Å². The van der Waals surface area contributed by atoms with E-state index >= 15 is 0 Å². The lowest BCUT2D eigenvalue weighted by molar-refractivity contribution is -0.115. The summed E-state index contributed by atoms with van der Waals surface area (Å²) in [6, 6.07) is 1.63. The van der Waals surface area contributed by atoms with Crippen molar-refractivity contribution in [2.45, 2.75) is 13.3 Å². The highest BCUT2D eigenvalue weighted by atomic mass is 32.1. The minimum atomic E-state index is -0.445. The number of hydrogen-bond acceptors (Lipinski definition) is 8. The molecule has 24 heavy (non-hydrogen) atoms. The van der Waals surface area contributed by atoms with E-state index in [1.165, 1.54) is 35.1 Å². The van der Waals surface area contributed by atoms with E-state index in [0.29, 0.717) is 16.0 Å². The van der Waals surface area contributed by atoms with Crippen molar-refractivity contribution >= 4 is 44.8 Å². The Hall–Kier alpha value is -2.72. The molecule has 8 nitrogen and oxygen atoms in total. The molecule has 0 radical (unpaired) electrons. The second-order valence-corrected chi connectivity index (χ2v) is 6.76. The molecular weight excluding hydrogens is 348 g/mol. The highest BCUT2D eigenvalue weighted by molar-refractivity contribution is 7.15. The van der Waals surface area contributed by atoms with Crippen LogP contribution < -0.4 is 10.6 Å². The first-order valence-electron chi connectivity index (χ1n) is 6.85. The predicted molar refractivity (Wildman–Crippen MR) is 91.3 cm³/mol. The normalized spacial score (nSPS) is 10.4. The molecule has 122 valence electrons. The number of amides is 2. The zero-order valence-electron chi connectivity index (χ0n) is 12.5. The smallest absolute Gasteiger partial charge is 0.295 e. The van der Waals surface area contributed by atoms with Gasteiger partial charge in [-0.2, -0.15) is 0 Å². The molecule has 3 heterocycles. The Labute approximate surface area is 145 Å². The van der Waals surface area contributed by atoms with E-state index in [0.717, 1.165) is 4.88 Å². The Morgan fingerprint density at radius 1 is 1.12 bits per heavy atom. The molecule has 10 heteroatoms. The second-order valence-electron chi connectivity index (χ2n) is 4.67. The maximum Gasteiger partial charge on any atom is 0.295 e. The lowest BCUT2D eigenvalue weighted by Crippen LogP contribution is -2.16. The third-order valence-corrected chi connectivity index (χ3v) is 4.39. The van der Waals surface area contributed by atoms with Gasteiger partial charge >= 0.3 is 0 Å². The topological polar surface area (TPSA) is 110 Å².